The van der Waals surface area contributed by atoms with Gasteiger partial charge < -0.3 is 10.1 Å². The Kier molecular flexibility index (Phi) is 3.31. The predicted octanol–water partition coefficient (Wildman–Crippen LogP) is 2.99. The zero-order chi connectivity index (χ0) is 14.8. The molecule has 0 spiro atoms. The number of carbonyl (C=O) groups excluding carboxylic acids is 2. The van der Waals surface area contributed by atoms with E-state index in [1.807, 2.05) is 31.2 Å². The number of carbonyl (C=O) groups is 2. The highest BCUT2D eigenvalue weighted by Gasteiger charge is 2.31. The van der Waals surface area contributed by atoms with Gasteiger partial charge in [0.2, 0.25) is 6.23 Å². The number of fused-ring (bicyclic) bond motifs is 1. The monoisotopic (exact) mass is 282 g/mol. The molecule has 0 aliphatic carbocycles. The molecule has 0 radical (unpaired) electrons. The minimum Gasteiger partial charge on any atom is -0.434 e. The third-order valence-corrected chi connectivity index (χ3v) is 3.26. The van der Waals surface area contributed by atoms with Gasteiger partial charge in [-0.05, 0) is 25.1 Å². The van der Waals surface area contributed by atoms with Gasteiger partial charge in [-0.25, -0.2) is 9.59 Å². The van der Waals surface area contributed by atoms with Crippen molar-refractivity contribution < 1.29 is 14.3 Å². The number of hydrogen-bond donors (Lipinski definition) is 2. The molecular formula is C16H14N2O3. The molecule has 106 valence electrons. The first-order chi connectivity index (χ1) is 10.1. The zero-order valence-corrected chi connectivity index (χ0v) is 11.4. The van der Waals surface area contributed by atoms with Gasteiger partial charge in [-0.1, -0.05) is 35.9 Å². The fourth-order valence-corrected chi connectivity index (χ4v) is 2.18. The smallest absolute Gasteiger partial charge is 0.340 e. The first kappa shape index (κ1) is 13.2. The van der Waals surface area contributed by atoms with Crippen molar-refractivity contribution in [1.82, 2.24) is 5.32 Å². The first-order valence-corrected chi connectivity index (χ1v) is 6.57. The fourth-order valence-electron chi connectivity index (χ4n) is 2.18. The van der Waals surface area contributed by atoms with Crippen molar-refractivity contribution in [3.8, 4) is 0 Å². The van der Waals surface area contributed by atoms with Crippen molar-refractivity contribution in [3.63, 3.8) is 0 Å². The van der Waals surface area contributed by atoms with Crippen molar-refractivity contribution in [3.05, 3.63) is 65.2 Å². The van der Waals surface area contributed by atoms with Crippen LogP contribution in [0.5, 0.6) is 0 Å². The summed E-state index contributed by atoms with van der Waals surface area (Å²) in [5.41, 5.74) is 2.94. The zero-order valence-electron chi connectivity index (χ0n) is 11.4. The average molecular weight is 282 g/mol. The fraction of sp³-hybridized carbons (Fsp3) is 0.125. The minimum atomic E-state index is -0.751. The number of esters is 1. The third-order valence-electron chi connectivity index (χ3n) is 3.26. The van der Waals surface area contributed by atoms with Crippen LogP contribution in [0.3, 0.4) is 0 Å². The van der Waals surface area contributed by atoms with Crippen LogP contribution in [-0.2, 0) is 4.74 Å². The number of rotatable bonds is 2. The van der Waals surface area contributed by atoms with Crippen LogP contribution in [0, 0.1) is 6.92 Å². The molecule has 2 aromatic rings. The van der Waals surface area contributed by atoms with Crippen LogP contribution in [0.2, 0.25) is 0 Å². The van der Waals surface area contributed by atoms with Crippen LogP contribution in [0.4, 0.5) is 10.5 Å². The number of hydrogen-bond acceptors (Lipinski definition) is 3. The number of anilines is 1. The summed E-state index contributed by atoms with van der Waals surface area (Å²) in [6.07, 6.45) is -0.751. The summed E-state index contributed by atoms with van der Waals surface area (Å²) < 4.78 is 5.15. The van der Waals surface area contributed by atoms with E-state index in [0.717, 1.165) is 5.56 Å². The summed E-state index contributed by atoms with van der Waals surface area (Å²) in [6.45, 7) is 1.97. The topological polar surface area (TPSA) is 67.4 Å². The number of urea groups is 1. The van der Waals surface area contributed by atoms with Crippen LogP contribution < -0.4 is 10.6 Å². The Morgan fingerprint density at radius 3 is 2.57 bits per heavy atom. The molecule has 21 heavy (non-hydrogen) atoms. The van der Waals surface area contributed by atoms with Crippen molar-refractivity contribution in [2.24, 2.45) is 0 Å². The standard InChI is InChI=1S/C16H14N2O3/c1-10-6-8-11(9-7-10)17-16(20)18-14-12-4-2-3-5-13(12)15(19)21-14/h2-9,14H,1H3,(H2,17,18,20)/t14-/m0/s1. The molecule has 1 aliphatic rings. The van der Waals surface area contributed by atoms with Gasteiger partial charge in [0.05, 0.1) is 5.56 Å². The number of ether oxygens (including phenoxy) is 1. The molecule has 2 N–H and O–H groups in total. The minimum absolute atomic E-state index is 0.423. The second-order valence-electron chi connectivity index (χ2n) is 4.84. The van der Waals surface area contributed by atoms with E-state index < -0.39 is 18.2 Å². The molecule has 2 aromatic carbocycles. The normalized spacial score (nSPS) is 16.0. The van der Waals surface area contributed by atoms with Crippen LogP contribution in [-0.4, -0.2) is 12.0 Å². The molecule has 0 unspecified atom stereocenters. The van der Waals surface area contributed by atoms with E-state index in [-0.39, 0.29) is 0 Å². The molecule has 5 heteroatoms. The van der Waals surface area contributed by atoms with Gasteiger partial charge in [0.15, 0.2) is 0 Å². The first-order valence-electron chi connectivity index (χ1n) is 6.57. The average Bonchev–Trinajstić information content (AvgIpc) is 2.78. The van der Waals surface area contributed by atoms with E-state index in [2.05, 4.69) is 10.6 Å². The summed E-state index contributed by atoms with van der Waals surface area (Å²) in [6, 6.07) is 14.0. The summed E-state index contributed by atoms with van der Waals surface area (Å²) in [4.78, 5) is 23.6. The van der Waals surface area contributed by atoms with Crippen LogP contribution >= 0.6 is 0 Å². The lowest BCUT2D eigenvalue weighted by Crippen LogP contribution is -2.32. The molecular weight excluding hydrogens is 268 g/mol. The second-order valence-corrected chi connectivity index (χ2v) is 4.84. The van der Waals surface area contributed by atoms with Gasteiger partial charge in [0.25, 0.3) is 0 Å². The Bertz CT molecular complexity index is 695. The highest BCUT2D eigenvalue weighted by molar-refractivity contribution is 5.95. The third kappa shape index (κ3) is 2.72. The number of benzene rings is 2. The molecule has 3 rings (SSSR count). The number of aryl methyl sites for hydroxylation is 1. The molecule has 1 atom stereocenters. The number of nitrogens with one attached hydrogen (secondary N) is 2. The van der Waals surface area contributed by atoms with Crippen molar-refractivity contribution >= 4 is 17.7 Å². The molecule has 0 fully saturated rings. The van der Waals surface area contributed by atoms with E-state index >= 15 is 0 Å². The largest absolute Gasteiger partial charge is 0.434 e. The molecule has 5 nitrogen and oxygen atoms in total. The molecule has 2 amide bonds. The second kappa shape index (κ2) is 5.28. The number of amides is 2. The van der Waals surface area contributed by atoms with E-state index in [0.29, 0.717) is 16.8 Å². The van der Waals surface area contributed by atoms with E-state index in [1.54, 1.807) is 24.3 Å². The summed E-state index contributed by atoms with van der Waals surface area (Å²) in [5, 5.41) is 5.34. The van der Waals surface area contributed by atoms with Gasteiger partial charge in [-0.3, -0.25) is 5.32 Å². The van der Waals surface area contributed by atoms with Gasteiger partial charge in [-0.2, -0.15) is 0 Å². The Hall–Kier alpha value is -2.82. The number of cyclic esters (lactones) is 1. The highest BCUT2D eigenvalue weighted by Crippen LogP contribution is 2.28. The van der Waals surface area contributed by atoms with E-state index in [1.165, 1.54) is 0 Å². The molecule has 1 aliphatic heterocycles. The molecule has 0 aromatic heterocycles. The Labute approximate surface area is 121 Å². The van der Waals surface area contributed by atoms with Crippen LogP contribution in [0.15, 0.2) is 48.5 Å². The van der Waals surface area contributed by atoms with Crippen molar-refractivity contribution in [2.75, 3.05) is 5.32 Å². The highest BCUT2D eigenvalue weighted by atomic mass is 16.6. The molecule has 0 bridgehead atoms. The Balaban J connectivity index is 1.69. The molecule has 1 heterocycles. The van der Waals surface area contributed by atoms with Crippen molar-refractivity contribution in [2.45, 2.75) is 13.2 Å². The van der Waals surface area contributed by atoms with Gasteiger partial charge >= 0.3 is 12.0 Å². The van der Waals surface area contributed by atoms with E-state index in [4.69, 9.17) is 4.74 Å². The van der Waals surface area contributed by atoms with E-state index in [9.17, 15) is 9.59 Å². The van der Waals surface area contributed by atoms with Gasteiger partial charge in [0.1, 0.15) is 0 Å². The lowest BCUT2D eigenvalue weighted by Gasteiger charge is -2.13. The maximum Gasteiger partial charge on any atom is 0.340 e. The van der Waals surface area contributed by atoms with Crippen LogP contribution in [0.25, 0.3) is 0 Å². The van der Waals surface area contributed by atoms with Crippen LogP contribution in [0.1, 0.15) is 27.7 Å². The molecule has 0 saturated carbocycles. The quantitative estimate of drug-likeness (QED) is 0.832. The SMILES string of the molecule is Cc1ccc(NC(=O)N[C@H]2OC(=O)c3ccccc32)cc1. The molecule has 0 saturated heterocycles. The van der Waals surface area contributed by atoms with Gasteiger partial charge in [0, 0.05) is 11.3 Å². The Morgan fingerprint density at radius 1 is 1.10 bits per heavy atom. The lowest BCUT2D eigenvalue weighted by molar-refractivity contribution is 0.0342. The van der Waals surface area contributed by atoms with Crippen molar-refractivity contribution in [1.29, 1.82) is 0 Å². The van der Waals surface area contributed by atoms with Gasteiger partial charge in [-0.15, -0.1) is 0 Å². The predicted molar refractivity (Wildman–Crippen MR) is 77.9 cm³/mol. The maximum absolute atomic E-state index is 12.0. The summed E-state index contributed by atoms with van der Waals surface area (Å²) in [7, 11) is 0. The lowest BCUT2D eigenvalue weighted by atomic mass is 10.1. The summed E-state index contributed by atoms with van der Waals surface area (Å²) >= 11 is 0. The summed E-state index contributed by atoms with van der Waals surface area (Å²) in [5.74, 6) is -0.425. The Morgan fingerprint density at radius 2 is 1.81 bits per heavy atom. The maximum atomic E-state index is 12.0.